The molecule has 5 rings (SSSR count). The Morgan fingerprint density at radius 2 is 1.65 bits per heavy atom. The molecule has 0 radical (unpaired) electrons. The lowest BCUT2D eigenvalue weighted by Crippen LogP contribution is -2.66. The van der Waals surface area contributed by atoms with Crippen molar-refractivity contribution in [2.24, 2.45) is 44.8 Å². The summed E-state index contributed by atoms with van der Waals surface area (Å²) in [5, 5.41) is 42.7. The lowest BCUT2D eigenvalue weighted by atomic mass is 9.33. The fourth-order valence-corrected chi connectivity index (χ4v) is 10.5. The number of fused-ring (bicyclic) bond motifs is 7. The summed E-state index contributed by atoms with van der Waals surface area (Å²) in [5.74, 6) is -0.0691. The van der Waals surface area contributed by atoms with Gasteiger partial charge in [-0.3, -0.25) is 4.79 Å². The van der Waals surface area contributed by atoms with E-state index < -0.39 is 28.5 Å². The standard InChI is InChI=1S/C29H46O5/c1-24(34)12-14-29(23(32)33)15-13-27(4)18(19(29)16-24)6-7-21-25(2)10-9-22(31)26(3,17-30)20(25)8-11-28(21,27)5/h6,19-22,30-31,34H,7-17H2,1-5H3,(H,32,33)/t19-,20?,21-,22+,24-,25+,26?,27-,28-,29+/m1/s1. The van der Waals surface area contributed by atoms with Crippen LogP contribution in [0.15, 0.2) is 11.6 Å². The van der Waals surface area contributed by atoms with Crippen LogP contribution in [0.25, 0.3) is 0 Å². The van der Waals surface area contributed by atoms with Gasteiger partial charge < -0.3 is 20.4 Å². The first-order valence-electron chi connectivity index (χ1n) is 13.7. The molecule has 0 amide bonds. The van der Waals surface area contributed by atoms with E-state index in [9.17, 15) is 25.2 Å². The number of aliphatic hydroxyl groups is 3. The second kappa shape index (κ2) is 7.32. The molecule has 5 heteroatoms. The van der Waals surface area contributed by atoms with Gasteiger partial charge in [0, 0.05) is 5.41 Å². The second-order valence-corrected chi connectivity index (χ2v) is 14.2. The third-order valence-corrected chi connectivity index (χ3v) is 12.9. The average Bonchev–Trinajstić information content (AvgIpc) is 2.76. The topological polar surface area (TPSA) is 98.0 Å². The largest absolute Gasteiger partial charge is 0.481 e. The Balaban J connectivity index is 1.60. The van der Waals surface area contributed by atoms with Crippen molar-refractivity contribution in [1.82, 2.24) is 0 Å². The maximum atomic E-state index is 12.7. The molecule has 0 heterocycles. The summed E-state index contributed by atoms with van der Waals surface area (Å²) in [5.41, 5.74) is -0.737. The number of hydrogen-bond donors (Lipinski definition) is 4. The third-order valence-electron chi connectivity index (χ3n) is 12.9. The zero-order chi connectivity index (χ0) is 24.9. The predicted molar refractivity (Wildman–Crippen MR) is 131 cm³/mol. The molecular weight excluding hydrogens is 428 g/mol. The molecule has 0 aliphatic heterocycles. The number of carboxylic acid groups (broad SMARTS) is 1. The predicted octanol–water partition coefficient (Wildman–Crippen LogP) is 4.93. The number of allylic oxidation sites excluding steroid dienone is 2. The van der Waals surface area contributed by atoms with Crippen LogP contribution < -0.4 is 0 Å². The molecule has 4 saturated carbocycles. The molecule has 34 heavy (non-hydrogen) atoms. The molecule has 0 aromatic heterocycles. The Morgan fingerprint density at radius 3 is 2.29 bits per heavy atom. The lowest BCUT2D eigenvalue weighted by Gasteiger charge is -2.71. The number of aliphatic carboxylic acids is 1. The van der Waals surface area contributed by atoms with E-state index in [4.69, 9.17) is 0 Å². The van der Waals surface area contributed by atoms with E-state index in [2.05, 4.69) is 33.8 Å². The van der Waals surface area contributed by atoms with Crippen LogP contribution in [0.3, 0.4) is 0 Å². The van der Waals surface area contributed by atoms with Gasteiger partial charge in [0.25, 0.3) is 0 Å². The lowest BCUT2D eigenvalue weighted by molar-refractivity contribution is -0.217. The van der Waals surface area contributed by atoms with E-state index in [0.29, 0.717) is 31.6 Å². The summed E-state index contributed by atoms with van der Waals surface area (Å²) in [6.07, 6.45) is 9.83. The fraction of sp³-hybridized carbons (Fsp3) is 0.897. The van der Waals surface area contributed by atoms with Crippen molar-refractivity contribution in [1.29, 1.82) is 0 Å². The minimum Gasteiger partial charge on any atom is -0.481 e. The highest BCUT2D eigenvalue weighted by atomic mass is 16.4. The summed E-state index contributed by atoms with van der Waals surface area (Å²) in [6.45, 7) is 11.3. The van der Waals surface area contributed by atoms with Gasteiger partial charge in [0.05, 0.1) is 23.7 Å². The molecule has 0 aromatic rings. The van der Waals surface area contributed by atoms with Crippen molar-refractivity contribution >= 4 is 5.97 Å². The third kappa shape index (κ3) is 2.87. The van der Waals surface area contributed by atoms with Crippen molar-refractivity contribution in [2.45, 2.75) is 111 Å². The molecule has 192 valence electrons. The Hall–Kier alpha value is -0.910. The maximum absolute atomic E-state index is 12.7. The van der Waals surface area contributed by atoms with Crippen LogP contribution in [0.1, 0.15) is 98.8 Å². The molecule has 5 nitrogen and oxygen atoms in total. The molecule has 5 aliphatic carbocycles. The van der Waals surface area contributed by atoms with Crippen molar-refractivity contribution < 1.29 is 25.2 Å². The van der Waals surface area contributed by atoms with Crippen LogP contribution in [0, 0.1) is 44.8 Å². The van der Waals surface area contributed by atoms with Gasteiger partial charge in [-0.25, -0.2) is 0 Å². The Morgan fingerprint density at radius 1 is 0.971 bits per heavy atom. The van der Waals surface area contributed by atoms with Gasteiger partial charge in [-0.2, -0.15) is 0 Å². The van der Waals surface area contributed by atoms with Crippen molar-refractivity contribution in [3.05, 3.63) is 11.6 Å². The van der Waals surface area contributed by atoms with Crippen LogP contribution in [0.2, 0.25) is 0 Å². The fourth-order valence-electron chi connectivity index (χ4n) is 10.5. The minimum absolute atomic E-state index is 0.0223. The summed E-state index contributed by atoms with van der Waals surface area (Å²) >= 11 is 0. The van der Waals surface area contributed by atoms with Crippen LogP contribution in [0.4, 0.5) is 0 Å². The summed E-state index contributed by atoms with van der Waals surface area (Å²) < 4.78 is 0. The smallest absolute Gasteiger partial charge is 0.310 e. The van der Waals surface area contributed by atoms with Gasteiger partial charge in [-0.1, -0.05) is 39.3 Å². The first-order chi connectivity index (χ1) is 15.7. The van der Waals surface area contributed by atoms with E-state index in [1.807, 2.05) is 6.92 Å². The Kier molecular flexibility index (Phi) is 5.33. The molecule has 10 atom stereocenters. The van der Waals surface area contributed by atoms with Crippen molar-refractivity contribution in [3.8, 4) is 0 Å². The summed E-state index contributed by atoms with van der Waals surface area (Å²) in [7, 11) is 0. The quantitative estimate of drug-likeness (QED) is 0.426. The monoisotopic (exact) mass is 474 g/mol. The molecule has 2 unspecified atom stereocenters. The van der Waals surface area contributed by atoms with Crippen LogP contribution in [-0.4, -0.2) is 44.7 Å². The van der Waals surface area contributed by atoms with E-state index in [-0.39, 0.29) is 34.7 Å². The number of aliphatic hydroxyl groups excluding tert-OH is 2. The number of carbonyl (C=O) groups is 1. The van der Waals surface area contributed by atoms with E-state index in [1.54, 1.807) is 0 Å². The Bertz CT molecular complexity index is 910. The zero-order valence-corrected chi connectivity index (χ0v) is 21.9. The number of rotatable bonds is 2. The number of hydrogen-bond acceptors (Lipinski definition) is 4. The average molecular weight is 475 g/mol. The van der Waals surface area contributed by atoms with Crippen LogP contribution >= 0.6 is 0 Å². The van der Waals surface area contributed by atoms with E-state index in [0.717, 1.165) is 38.5 Å². The van der Waals surface area contributed by atoms with Gasteiger partial charge in [-0.05, 0) is 105 Å². The highest BCUT2D eigenvalue weighted by molar-refractivity contribution is 5.76. The second-order valence-electron chi connectivity index (χ2n) is 14.2. The highest BCUT2D eigenvalue weighted by Gasteiger charge is 2.69. The normalized spacial score (nSPS) is 56.9. The maximum Gasteiger partial charge on any atom is 0.310 e. The molecule has 4 fully saturated rings. The van der Waals surface area contributed by atoms with Gasteiger partial charge in [0.15, 0.2) is 0 Å². The Labute approximate surface area is 205 Å². The van der Waals surface area contributed by atoms with E-state index in [1.165, 1.54) is 5.57 Å². The van der Waals surface area contributed by atoms with Crippen LogP contribution in [0.5, 0.6) is 0 Å². The van der Waals surface area contributed by atoms with Gasteiger partial charge in [-0.15, -0.1) is 0 Å². The molecule has 0 aromatic carbocycles. The number of carboxylic acids is 1. The molecule has 0 spiro atoms. The molecule has 4 N–H and O–H groups in total. The highest BCUT2D eigenvalue weighted by Crippen LogP contribution is 2.75. The van der Waals surface area contributed by atoms with Gasteiger partial charge in [0.1, 0.15) is 0 Å². The molecule has 0 bridgehead atoms. The first-order valence-corrected chi connectivity index (χ1v) is 13.7. The van der Waals surface area contributed by atoms with Crippen molar-refractivity contribution in [3.63, 3.8) is 0 Å². The van der Waals surface area contributed by atoms with Crippen molar-refractivity contribution in [2.75, 3.05) is 6.61 Å². The first kappa shape index (κ1) is 24.8. The van der Waals surface area contributed by atoms with E-state index >= 15 is 0 Å². The molecular formula is C29H46O5. The molecule has 0 saturated heterocycles. The minimum atomic E-state index is -0.813. The van der Waals surface area contributed by atoms with Gasteiger partial charge >= 0.3 is 5.97 Å². The summed E-state index contributed by atoms with van der Waals surface area (Å²) in [4.78, 5) is 12.7. The van der Waals surface area contributed by atoms with Crippen LogP contribution in [-0.2, 0) is 4.79 Å². The molecule has 5 aliphatic rings. The zero-order valence-electron chi connectivity index (χ0n) is 21.9. The SMILES string of the molecule is CC1(CO)C2CC[C@]3(C)[C@H](CC=C4[C@H]5C[C@](C)(O)CC[C@]5(C(=O)O)CC[C@]43C)[C@@]2(C)CC[C@@H]1O. The van der Waals surface area contributed by atoms with Gasteiger partial charge in [0.2, 0.25) is 0 Å². The summed E-state index contributed by atoms with van der Waals surface area (Å²) in [6, 6.07) is 0.